The Morgan fingerprint density at radius 2 is 2.08 bits per heavy atom. The summed E-state index contributed by atoms with van der Waals surface area (Å²) in [6.07, 6.45) is 1.47. The molecule has 3 nitrogen and oxygen atoms in total. The molecule has 0 bridgehead atoms. The monoisotopic (exact) mass is 218 g/mol. The van der Waals surface area contributed by atoms with Gasteiger partial charge in [-0.3, -0.25) is 0 Å². The highest BCUT2D eigenvalue weighted by Crippen LogP contribution is 2.06. The highest BCUT2D eigenvalue weighted by atomic mass is 35.5. The first-order chi connectivity index (χ1) is 5.78. The molecule has 12 heavy (non-hydrogen) atoms. The summed E-state index contributed by atoms with van der Waals surface area (Å²) in [5.74, 6) is 0.634. The van der Waals surface area contributed by atoms with Gasteiger partial charge < -0.3 is 13.6 Å². The standard InChI is InChI=1S/C6H7ClO3Si2/c1-2-8-6(10-12)3-5(4-7)9-11/h3-4H,2H2,1H3. The van der Waals surface area contributed by atoms with Crippen LogP contribution in [0.15, 0.2) is 23.3 Å². The quantitative estimate of drug-likeness (QED) is 0.394. The smallest absolute Gasteiger partial charge is 0.345 e. The molecule has 0 amide bonds. The first-order valence-electron chi connectivity index (χ1n) is 3.10. The summed E-state index contributed by atoms with van der Waals surface area (Å²) in [7, 11) is 5.62. The lowest BCUT2D eigenvalue weighted by molar-refractivity contribution is 0.121. The van der Waals surface area contributed by atoms with Crippen molar-refractivity contribution < 1.29 is 13.6 Å². The predicted octanol–water partition coefficient (Wildman–Crippen LogP) is 1.14. The normalized spacial score (nSPS) is 12.7. The second-order valence-corrected chi connectivity index (χ2v) is 2.24. The summed E-state index contributed by atoms with van der Waals surface area (Å²) in [5, 5.41) is 0. The van der Waals surface area contributed by atoms with Crippen molar-refractivity contribution in [2.45, 2.75) is 6.92 Å². The van der Waals surface area contributed by atoms with Gasteiger partial charge in [0, 0.05) is 5.54 Å². The molecule has 0 unspecified atom stereocenters. The van der Waals surface area contributed by atoms with E-state index in [1.807, 2.05) is 6.92 Å². The minimum absolute atomic E-state index is 0.263. The maximum absolute atomic E-state index is 5.38. The van der Waals surface area contributed by atoms with Gasteiger partial charge in [-0.25, -0.2) is 0 Å². The maximum atomic E-state index is 5.38. The molecule has 0 rings (SSSR count). The van der Waals surface area contributed by atoms with E-state index in [1.54, 1.807) is 0 Å². The van der Waals surface area contributed by atoms with Crippen LogP contribution in [-0.4, -0.2) is 27.6 Å². The largest absolute Gasteiger partial charge is 0.540 e. The Hall–Kier alpha value is -0.396. The Bertz CT molecular complexity index is 182. The van der Waals surface area contributed by atoms with Crippen molar-refractivity contribution in [1.82, 2.24) is 0 Å². The number of hydrogen-bond acceptors (Lipinski definition) is 3. The third kappa shape index (κ3) is 4.48. The second-order valence-electron chi connectivity index (χ2n) is 1.61. The Labute approximate surface area is 83.4 Å². The molecule has 0 aliphatic heterocycles. The SMILES string of the molecule is CCOC(=CC(=CCl)O[Si])O[Si]. The van der Waals surface area contributed by atoms with Crippen molar-refractivity contribution in [3.63, 3.8) is 0 Å². The fourth-order valence-electron chi connectivity index (χ4n) is 0.442. The third-order valence-electron chi connectivity index (χ3n) is 0.873. The van der Waals surface area contributed by atoms with Gasteiger partial charge in [0.15, 0.2) is 0 Å². The number of ether oxygens (including phenoxy) is 1. The number of rotatable bonds is 5. The Morgan fingerprint density at radius 1 is 1.42 bits per heavy atom. The summed E-state index contributed by atoms with van der Waals surface area (Å²) < 4.78 is 14.3. The van der Waals surface area contributed by atoms with Gasteiger partial charge in [-0.1, -0.05) is 11.6 Å². The fourth-order valence-corrected chi connectivity index (χ4v) is 0.860. The van der Waals surface area contributed by atoms with Gasteiger partial charge in [0.2, 0.25) is 0 Å². The van der Waals surface area contributed by atoms with Crippen LogP contribution in [0.3, 0.4) is 0 Å². The molecule has 0 N–H and O–H groups in total. The van der Waals surface area contributed by atoms with Crippen LogP contribution in [0.25, 0.3) is 0 Å². The number of allylic oxidation sites excluding steroid dienone is 1. The molecule has 0 fully saturated rings. The van der Waals surface area contributed by atoms with Crippen molar-refractivity contribution in [2.24, 2.45) is 0 Å². The van der Waals surface area contributed by atoms with Gasteiger partial charge in [-0.05, 0) is 6.92 Å². The van der Waals surface area contributed by atoms with E-state index < -0.39 is 0 Å². The van der Waals surface area contributed by atoms with Crippen LogP contribution in [0.4, 0.5) is 0 Å². The second kappa shape index (κ2) is 7.26. The van der Waals surface area contributed by atoms with Crippen LogP contribution in [0.1, 0.15) is 6.92 Å². The lowest BCUT2D eigenvalue weighted by Crippen LogP contribution is -1.96. The molecule has 6 heteroatoms. The van der Waals surface area contributed by atoms with Crippen molar-refractivity contribution in [3.05, 3.63) is 23.3 Å². The Morgan fingerprint density at radius 3 is 2.42 bits per heavy atom. The summed E-state index contributed by atoms with van der Waals surface area (Å²) >= 11 is 5.38. The fraction of sp³-hybridized carbons (Fsp3) is 0.333. The van der Waals surface area contributed by atoms with E-state index in [2.05, 4.69) is 29.8 Å². The molecule has 0 heterocycles. The molecule has 0 aromatic rings. The van der Waals surface area contributed by atoms with Crippen LogP contribution in [0.2, 0.25) is 0 Å². The van der Waals surface area contributed by atoms with E-state index in [0.717, 1.165) is 0 Å². The molecule has 0 aliphatic rings. The molecule has 0 saturated heterocycles. The Balaban J connectivity index is 4.24. The number of hydrogen-bond donors (Lipinski definition) is 0. The van der Waals surface area contributed by atoms with Gasteiger partial charge >= 0.3 is 21.0 Å². The van der Waals surface area contributed by atoms with E-state index in [-0.39, 0.29) is 5.95 Å². The molecule has 0 atom stereocenters. The topological polar surface area (TPSA) is 27.7 Å². The van der Waals surface area contributed by atoms with Gasteiger partial charge in [-0.2, -0.15) is 0 Å². The first kappa shape index (κ1) is 11.6. The van der Waals surface area contributed by atoms with Crippen LogP contribution in [0.5, 0.6) is 0 Å². The number of halogens is 1. The highest BCUT2D eigenvalue weighted by molar-refractivity contribution is 6.25. The Kier molecular flexibility index (Phi) is 7.02. The maximum Gasteiger partial charge on any atom is 0.345 e. The van der Waals surface area contributed by atoms with Crippen LogP contribution in [0, 0.1) is 0 Å². The van der Waals surface area contributed by atoms with E-state index in [9.17, 15) is 0 Å². The van der Waals surface area contributed by atoms with Gasteiger partial charge in [-0.15, -0.1) is 0 Å². The van der Waals surface area contributed by atoms with E-state index >= 15 is 0 Å². The van der Waals surface area contributed by atoms with Crippen molar-refractivity contribution in [3.8, 4) is 0 Å². The first-order valence-corrected chi connectivity index (χ1v) is 4.35. The molecule has 0 aromatic carbocycles. The zero-order chi connectivity index (χ0) is 9.40. The third-order valence-corrected chi connectivity index (χ3v) is 1.52. The zero-order valence-electron chi connectivity index (χ0n) is 6.46. The van der Waals surface area contributed by atoms with Crippen molar-refractivity contribution in [1.29, 1.82) is 0 Å². The molecule has 0 saturated carbocycles. The molecule has 6 radical (unpaired) electrons. The average molecular weight is 219 g/mol. The summed E-state index contributed by atoms with van der Waals surface area (Å²) in [6.45, 7) is 2.32. The molecule has 64 valence electrons. The van der Waals surface area contributed by atoms with E-state index in [4.69, 9.17) is 16.3 Å². The lowest BCUT2D eigenvalue weighted by Gasteiger charge is -2.07. The summed E-state index contributed by atoms with van der Waals surface area (Å²) in [5.41, 5.74) is 1.23. The van der Waals surface area contributed by atoms with Crippen LogP contribution >= 0.6 is 11.6 Å². The van der Waals surface area contributed by atoms with E-state index in [0.29, 0.717) is 12.4 Å². The molecular formula is C6H7ClO3Si2. The minimum Gasteiger partial charge on any atom is -0.540 e. The lowest BCUT2D eigenvalue weighted by atomic mass is 10.5. The predicted molar refractivity (Wildman–Crippen MR) is 47.3 cm³/mol. The average Bonchev–Trinajstić information content (AvgIpc) is 2.12. The van der Waals surface area contributed by atoms with E-state index in [1.165, 1.54) is 11.6 Å². The van der Waals surface area contributed by atoms with Crippen LogP contribution in [-0.2, 0) is 13.6 Å². The zero-order valence-corrected chi connectivity index (χ0v) is 9.22. The van der Waals surface area contributed by atoms with Gasteiger partial charge in [0.05, 0.1) is 12.7 Å². The van der Waals surface area contributed by atoms with Gasteiger partial charge in [0.25, 0.3) is 5.95 Å². The van der Waals surface area contributed by atoms with Crippen molar-refractivity contribution >= 4 is 32.6 Å². The van der Waals surface area contributed by atoms with Gasteiger partial charge in [0.1, 0.15) is 5.76 Å². The molecule has 0 aliphatic carbocycles. The van der Waals surface area contributed by atoms with Crippen molar-refractivity contribution in [2.75, 3.05) is 6.61 Å². The molecule has 0 aromatic heterocycles. The van der Waals surface area contributed by atoms with Crippen LogP contribution < -0.4 is 0 Å². The summed E-state index contributed by atoms with van der Waals surface area (Å²) in [4.78, 5) is 0. The highest BCUT2D eigenvalue weighted by Gasteiger charge is 1.97. The molecule has 0 spiro atoms. The minimum atomic E-state index is 0.263. The summed E-state index contributed by atoms with van der Waals surface area (Å²) in [6, 6.07) is 0. The molecular weight excluding hydrogens is 212 g/mol.